The zero-order valence-electron chi connectivity index (χ0n) is 16.1. The van der Waals surface area contributed by atoms with E-state index in [-0.39, 0.29) is 29.5 Å². The maximum absolute atomic E-state index is 13.4. The molecule has 3 aromatic rings. The molecule has 2 amide bonds. The number of nitrogens with zero attached hydrogens (tertiary/aromatic N) is 1. The minimum Gasteiger partial charge on any atom is -0.349 e. The molecule has 0 spiro atoms. The van der Waals surface area contributed by atoms with Gasteiger partial charge in [0.2, 0.25) is 5.91 Å². The highest BCUT2D eigenvalue weighted by Gasteiger charge is 2.38. The van der Waals surface area contributed by atoms with Crippen molar-refractivity contribution in [2.24, 2.45) is 11.8 Å². The lowest BCUT2D eigenvalue weighted by molar-refractivity contribution is -0.120. The summed E-state index contributed by atoms with van der Waals surface area (Å²) >= 11 is 6.41. The first kappa shape index (κ1) is 19.5. The first-order chi connectivity index (χ1) is 13.8. The molecule has 2 aromatic carbocycles. The van der Waals surface area contributed by atoms with E-state index in [0.29, 0.717) is 35.1 Å². The van der Waals surface area contributed by atoms with Gasteiger partial charge in [-0.15, -0.1) is 0 Å². The maximum Gasteiger partial charge on any atom is 0.271 e. The number of aromatic nitrogens is 1. The summed E-state index contributed by atoms with van der Waals surface area (Å²) in [5.74, 6) is -1.08. The molecule has 0 bridgehead atoms. The Bertz CT molecular complexity index is 1110. The van der Waals surface area contributed by atoms with Crippen LogP contribution < -0.4 is 5.32 Å². The lowest BCUT2D eigenvalue weighted by Gasteiger charge is -2.16. The van der Waals surface area contributed by atoms with Gasteiger partial charge in [-0.05, 0) is 42.7 Å². The van der Waals surface area contributed by atoms with Gasteiger partial charge in [0.15, 0.2) is 0 Å². The molecule has 29 heavy (non-hydrogen) atoms. The predicted molar refractivity (Wildman–Crippen MR) is 112 cm³/mol. The van der Waals surface area contributed by atoms with Crippen LogP contribution in [0.1, 0.15) is 23.0 Å². The van der Waals surface area contributed by atoms with Crippen LogP contribution in [0.25, 0.3) is 10.9 Å². The SMILES string of the molecule is Cc1cc(NC(=O)[C@@H]2CN(C(=O)c3[nH]c4ccccc4c3Cl)C[C@H]2C)ccc1F. The number of aryl methyl sites for hydroxylation is 1. The molecule has 5 nitrogen and oxygen atoms in total. The van der Waals surface area contributed by atoms with Gasteiger partial charge in [-0.2, -0.15) is 0 Å². The van der Waals surface area contributed by atoms with E-state index in [4.69, 9.17) is 11.6 Å². The minimum absolute atomic E-state index is 0.0105. The molecule has 1 aliphatic rings. The van der Waals surface area contributed by atoms with Crippen LogP contribution in [-0.2, 0) is 4.79 Å². The molecule has 7 heteroatoms. The Balaban J connectivity index is 1.50. The highest BCUT2D eigenvalue weighted by atomic mass is 35.5. The summed E-state index contributed by atoms with van der Waals surface area (Å²) in [5, 5.41) is 4.03. The molecule has 2 atom stereocenters. The highest BCUT2D eigenvalue weighted by molar-refractivity contribution is 6.38. The molecule has 1 saturated heterocycles. The zero-order valence-corrected chi connectivity index (χ0v) is 16.9. The summed E-state index contributed by atoms with van der Waals surface area (Å²) in [7, 11) is 0. The number of benzene rings is 2. The van der Waals surface area contributed by atoms with Crippen LogP contribution in [0.15, 0.2) is 42.5 Å². The summed E-state index contributed by atoms with van der Waals surface area (Å²) in [6.07, 6.45) is 0. The lowest BCUT2D eigenvalue weighted by atomic mass is 9.97. The van der Waals surface area contributed by atoms with Gasteiger partial charge in [0.25, 0.3) is 5.91 Å². The average molecular weight is 414 g/mol. The largest absolute Gasteiger partial charge is 0.349 e. The van der Waals surface area contributed by atoms with E-state index >= 15 is 0 Å². The molecule has 1 aliphatic heterocycles. The lowest BCUT2D eigenvalue weighted by Crippen LogP contribution is -2.32. The van der Waals surface area contributed by atoms with Crippen LogP contribution in [0, 0.1) is 24.6 Å². The van der Waals surface area contributed by atoms with Crippen molar-refractivity contribution in [3.05, 3.63) is 64.6 Å². The third-order valence-corrected chi connectivity index (χ3v) is 5.91. The number of H-pyrrole nitrogens is 1. The van der Waals surface area contributed by atoms with Gasteiger partial charge in [-0.1, -0.05) is 36.7 Å². The normalized spacial score (nSPS) is 19.0. The predicted octanol–water partition coefficient (Wildman–Crippen LogP) is 4.62. The van der Waals surface area contributed by atoms with Crippen LogP contribution in [0.5, 0.6) is 0 Å². The number of likely N-dealkylation sites (tertiary alicyclic amines) is 1. The fourth-order valence-electron chi connectivity index (χ4n) is 3.84. The third kappa shape index (κ3) is 3.60. The number of aromatic amines is 1. The Hall–Kier alpha value is -2.86. The molecule has 4 rings (SSSR count). The Morgan fingerprint density at radius 1 is 1.21 bits per heavy atom. The van der Waals surface area contributed by atoms with Crippen molar-refractivity contribution < 1.29 is 14.0 Å². The number of anilines is 1. The monoisotopic (exact) mass is 413 g/mol. The van der Waals surface area contributed by atoms with E-state index in [2.05, 4.69) is 10.3 Å². The molecule has 2 heterocycles. The van der Waals surface area contributed by atoms with Crippen LogP contribution in [0.3, 0.4) is 0 Å². The highest BCUT2D eigenvalue weighted by Crippen LogP contribution is 2.31. The molecule has 150 valence electrons. The van der Waals surface area contributed by atoms with E-state index in [1.54, 1.807) is 17.9 Å². The van der Waals surface area contributed by atoms with Gasteiger partial charge in [0.05, 0.1) is 10.9 Å². The second kappa shape index (κ2) is 7.52. The topological polar surface area (TPSA) is 65.2 Å². The molecular weight excluding hydrogens is 393 g/mol. The van der Waals surface area contributed by atoms with Gasteiger partial charge in [0.1, 0.15) is 11.5 Å². The van der Waals surface area contributed by atoms with Crippen LogP contribution in [-0.4, -0.2) is 34.8 Å². The molecular formula is C22H21ClFN3O2. The first-order valence-corrected chi connectivity index (χ1v) is 9.85. The number of halogens is 2. The molecule has 0 unspecified atom stereocenters. The quantitative estimate of drug-likeness (QED) is 0.658. The summed E-state index contributed by atoms with van der Waals surface area (Å²) in [6.45, 7) is 4.36. The van der Waals surface area contributed by atoms with E-state index in [1.165, 1.54) is 12.1 Å². The number of carbonyl (C=O) groups is 2. The summed E-state index contributed by atoms with van der Waals surface area (Å²) in [5.41, 5.74) is 2.15. The van der Waals surface area contributed by atoms with Crippen molar-refractivity contribution in [3.63, 3.8) is 0 Å². The summed E-state index contributed by atoms with van der Waals surface area (Å²) < 4.78 is 13.4. The summed E-state index contributed by atoms with van der Waals surface area (Å²) in [4.78, 5) is 30.5. The van der Waals surface area contributed by atoms with Gasteiger partial charge in [-0.25, -0.2) is 4.39 Å². The maximum atomic E-state index is 13.4. The number of hydrogen-bond acceptors (Lipinski definition) is 2. The molecule has 2 N–H and O–H groups in total. The fraction of sp³-hybridized carbons (Fsp3) is 0.273. The summed E-state index contributed by atoms with van der Waals surface area (Å²) in [6, 6.07) is 11.9. The molecule has 1 aromatic heterocycles. The van der Waals surface area contributed by atoms with Crippen molar-refractivity contribution in [2.45, 2.75) is 13.8 Å². The number of hydrogen-bond donors (Lipinski definition) is 2. The minimum atomic E-state index is -0.354. The van der Waals surface area contributed by atoms with Crippen molar-refractivity contribution >= 4 is 40.0 Å². The number of nitrogens with one attached hydrogen (secondary N) is 2. The molecule has 1 fully saturated rings. The Morgan fingerprint density at radius 2 is 1.97 bits per heavy atom. The number of para-hydroxylation sites is 1. The van der Waals surface area contributed by atoms with Crippen molar-refractivity contribution in [1.82, 2.24) is 9.88 Å². The zero-order chi connectivity index (χ0) is 20.7. The molecule has 0 radical (unpaired) electrons. The van der Waals surface area contributed by atoms with Crippen LogP contribution >= 0.6 is 11.6 Å². The number of amides is 2. The van der Waals surface area contributed by atoms with E-state index < -0.39 is 0 Å². The number of fused-ring (bicyclic) bond motifs is 1. The van der Waals surface area contributed by atoms with Crippen molar-refractivity contribution in [3.8, 4) is 0 Å². The fourth-order valence-corrected chi connectivity index (χ4v) is 4.14. The Morgan fingerprint density at radius 3 is 2.69 bits per heavy atom. The smallest absolute Gasteiger partial charge is 0.271 e. The number of rotatable bonds is 3. The third-order valence-electron chi connectivity index (χ3n) is 5.52. The van der Waals surface area contributed by atoms with E-state index in [9.17, 15) is 14.0 Å². The first-order valence-electron chi connectivity index (χ1n) is 9.47. The second-order valence-electron chi connectivity index (χ2n) is 7.61. The van der Waals surface area contributed by atoms with E-state index in [0.717, 1.165) is 10.9 Å². The van der Waals surface area contributed by atoms with E-state index in [1.807, 2.05) is 31.2 Å². The van der Waals surface area contributed by atoms with Gasteiger partial charge in [0, 0.05) is 29.7 Å². The molecule has 0 saturated carbocycles. The number of carbonyl (C=O) groups excluding carboxylic acids is 2. The van der Waals surface area contributed by atoms with Crippen LogP contribution in [0.2, 0.25) is 5.02 Å². The van der Waals surface area contributed by atoms with Crippen molar-refractivity contribution in [1.29, 1.82) is 0 Å². The van der Waals surface area contributed by atoms with Gasteiger partial charge in [-0.3, -0.25) is 9.59 Å². The molecule has 0 aliphatic carbocycles. The Kier molecular flexibility index (Phi) is 5.04. The van der Waals surface area contributed by atoms with Gasteiger partial charge < -0.3 is 15.2 Å². The Labute approximate surface area is 172 Å². The van der Waals surface area contributed by atoms with Crippen LogP contribution in [0.4, 0.5) is 10.1 Å². The average Bonchev–Trinajstić information content (AvgIpc) is 3.25. The standard InChI is InChI=1S/C22H21ClFN3O2/c1-12-9-14(7-8-17(12)24)25-21(28)16-11-27(10-13(16)2)22(29)20-19(23)15-5-3-4-6-18(15)26-20/h3-9,13,16,26H,10-11H2,1-2H3,(H,25,28)/t13-,16-/m1/s1. The van der Waals surface area contributed by atoms with Crippen molar-refractivity contribution in [2.75, 3.05) is 18.4 Å². The van der Waals surface area contributed by atoms with Gasteiger partial charge >= 0.3 is 0 Å². The second-order valence-corrected chi connectivity index (χ2v) is 7.98.